The first-order chi connectivity index (χ1) is 15.1. The van der Waals surface area contributed by atoms with Gasteiger partial charge >= 0.3 is 6.09 Å². The summed E-state index contributed by atoms with van der Waals surface area (Å²) in [6.07, 6.45) is 2.38. The minimum Gasteiger partial charge on any atom is -0.444 e. The normalized spacial score (nSPS) is 16.9. The van der Waals surface area contributed by atoms with Gasteiger partial charge < -0.3 is 19.1 Å². The molecule has 1 saturated heterocycles. The predicted octanol–water partition coefficient (Wildman–Crippen LogP) is 4.61. The third-order valence-electron chi connectivity index (χ3n) is 5.34. The van der Waals surface area contributed by atoms with Crippen LogP contribution in [0.4, 0.5) is 4.79 Å². The molecular weight excluding hydrogens is 428 g/mol. The van der Waals surface area contributed by atoms with Gasteiger partial charge in [0.15, 0.2) is 0 Å². The number of aryl methyl sites for hydroxylation is 1. The second kappa shape index (κ2) is 10.5. The van der Waals surface area contributed by atoms with Gasteiger partial charge in [-0.3, -0.25) is 4.79 Å². The Morgan fingerprint density at radius 3 is 2.81 bits per heavy atom. The molecule has 0 spiro atoms. The number of piperidine rings is 1. The number of ether oxygens (including phenoxy) is 1. The number of hydrogen-bond acceptors (Lipinski definition) is 7. The Morgan fingerprint density at radius 1 is 1.38 bits per heavy atom. The summed E-state index contributed by atoms with van der Waals surface area (Å²) in [5.41, 5.74) is -0.531. The predicted molar refractivity (Wildman–Crippen MR) is 123 cm³/mol. The average Bonchev–Trinajstić information content (AvgIpc) is 3.40. The molecule has 1 aliphatic rings. The minimum absolute atomic E-state index is 0.0333. The van der Waals surface area contributed by atoms with Gasteiger partial charge in [0.1, 0.15) is 5.60 Å². The number of hydrogen-bond donors (Lipinski definition) is 0. The topological polar surface area (TPSA) is 88.8 Å². The van der Waals surface area contributed by atoms with Crippen molar-refractivity contribution in [2.75, 3.05) is 19.6 Å². The van der Waals surface area contributed by atoms with Crippen molar-refractivity contribution in [3.63, 3.8) is 0 Å². The summed E-state index contributed by atoms with van der Waals surface area (Å²) in [4.78, 5) is 34.5. The van der Waals surface area contributed by atoms with Crippen LogP contribution >= 0.6 is 11.3 Å². The van der Waals surface area contributed by atoms with Crippen molar-refractivity contribution in [3.8, 4) is 10.7 Å². The summed E-state index contributed by atoms with van der Waals surface area (Å²) in [5.74, 6) is 1.36. The van der Waals surface area contributed by atoms with Crippen molar-refractivity contribution in [2.45, 2.75) is 71.9 Å². The molecule has 0 saturated carbocycles. The Labute approximate surface area is 193 Å². The lowest BCUT2D eigenvalue weighted by Gasteiger charge is -2.37. The molecular formula is C23H34N4O4S. The maximum absolute atomic E-state index is 12.8. The van der Waals surface area contributed by atoms with Gasteiger partial charge in [-0.05, 0) is 64.8 Å². The zero-order valence-corrected chi connectivity index (χ0v) is 20.5. The van der Waals surface area contributed by atoms with Gasteiger partial charge in [-0.15, -0.1) is 11.3 Å². The summed E-state index contributed by atoms with van der Waals surface area (Å²) in [6, 6.07) is 3.91. The summed E-state index contributed by atoms with van der Waals surface area (Å²) < 4.78 is 10.9. The van der Waals surface area contributed by atoms with Crippen LogP contribution in [-0.4, -0.2) is 63.2 Å². The van der Waals surface area contributed by atoms with Crippen LogP contribution in [0.3, 0.4) is 0 Å². The molecule has 1 fully saturated rings. The lowest BCUT2D eigenvalue weighted by molar-refractivity contribution is -0.133. The number of likely N-dealkylation sites (tertiary alicyclic amines) is 1. The van der Waals surface area contributed by atoms with E-state index in [1.165, 1.54) is 0 Å². The van der Waals surface area contributed by atoms with E-state index in [1.54, 1.807) is 16.2 Å². The Balaban J connectivity index is 1.52. The van der Waals surface area contributed by atoms with E-state index >= 15 is 0 Å². The molecule has 0 radical (unpaired) electrons. The van der Waals surface area contributed by atoms with E-state index in [4.69, 9.17) is 9.26 Å². The fourth-order valence-corrected chi connectivity index (χ4v) is 4.42. The standard InChI is InChI=1S/C23H34N4O4S/c1-16(2)27(22(29)30-23(3,4)5)15-17-8-6-12-26(14-17)20(28)11-10-19-24-21(25-31-19)18-9-7-13-32-18/h7,9,13,16-17H,6,8,10-12,14-15H2,1-5H3. The van der Waals surface area contributed by atoms with Crippen LogP contribution in [0.25, 0.3) is 10.7 Å². The molecule has 2 aromatic heterocycles. The number of rotatable bonds is 7. The Hall–Kier alpha value is -2.42. The summed E-state index contributed by atoms with van der Waals surface area (Å²) in [7, 11) is 0. The molecule has 176 valence electrons. The molecule has 2 amide bonds. The summed E-state index contributed by atoms with van der Waals surface area (Å²) >= 11 is 1.55. The zero-order chi connectivity index (χ0) is 23.3. The number of nitrogens with zero attached hydrogens (tertiary/aromatic N) is 4. The third-order valence-corrected chi connectivity index (χ3v) is 6.21. The summed E-state index contributed by atoms with van der Waals surface area (Å²) in [5, 5.41) is 5.97. The quantitative estimate of drug-likeness (QED) is 0.597. The largest absolute Gasteiger partial charge is 0.444 e. The highest BCUT2D eigenvalue weighted by Gasteiger charge is 2.30. The molecule has 3 rings (SSSR count). The number of thiophene rings is 1. The van der Waals surface area contributed by atoms with E-state index in [0.717, 1.165) is 24.3 Å². The van der Waals surface area contributed by atoms with Crippen molar-refractivity contribution in [2.24, 2.45) is 5.92 Å². The molecule has 0 aliphatic carbocycles. The summed E-state index contributed by atoms with van der Waals surface area (Å²) in [6.45, 7) is 11.6. The number of amides is 2. The number of carbonyl (C=O) groups excluding carboxylic acids is 2. The van der Waals surface area contributed by atoms with Crippen molar-refractivity contribution in [1.82, 2.24) is 19.9 Å². The van der Waals surface area contributed by atoms with Crippen LogP contribution in [0.1, 0.15) is 59.8 Å². The monoisotopic (exact) mass is 462 g/mol. The van der Waals surface area contributed by atoms with Crippen molar-refractivity contribution < 1.29 is 18.8 Å². The van der Waals surface area contributed by atoms with Crippen LogP contribution < -0.4 is 0 Å². The zero-order valence-electron chi connectivity index (χ0n) is 19.7. The fourth-order valence-electron chi connectivity index (χ4n) is 3.77. The first kappa shape index (κ1) is 24.2. The molecule has 9 heteroatoms. The van der Waals surface area contributed by atoms with Crippen molar-refractivity contribution >= 4 is 23.3 Å². The Morgan fingerprint density at radius 2 is 2.16 bits per heavy atom. The molecule has 0 bridgehead atoms. The van der Waals surface area contributed by atoms with Gasteiger partial charge in [0, 0.05) is 38.5 Å². The second-order valence-corrected chi connectivity index (χ2v) is 10.5. The van der Waals surface area contributed by atoms with E-state index in [-0.39, 0.29) is 24.0 Å². The number of carbonyl (C=O) groups is 2. The van der Waals surface area contributed by atoms with Crippen LogP contribution in [0, 0.1) is 5.92 Å². The smallest absolute Gasteiger partial charge is 0.410 e. The number of aromatic nitrogens is 2. The van der Waals surface area contributed by atoms with Gasteiger partial charge in [0.05, 0.1) is 4.88 Å². The maximum Gasteiger partial charge on any atom is 0.410 e. The van der Waals surface area contributed by atoms with Gasteiger partial charge in [0.25, 0.3) is 0 Å². The third kappa shape index (κ3) is 6.79. The Bertz CT molecular complexity index is 888. The fraction of sp³-hybridized carbons (Fsp3) is 0.652. The SMILES string of the molecule is CC(C)N(CC1CCCN(C(=O)CCc2nc(-c3cccs3)no2)C1)C(=O)OC(C)(C)C. The first-order valence-corrected chi connectivity index (χ1v) is 12.1. The van der Waals surface area contributed by atoms with E-state index < -0.39 is 5.60 Å². The van der Waals surface area contributed by atoms with Gasteiger partial charge in [-0.25, -0.2) is 4.79 Å². The van der Waals surface area contributed by atoms with Crippen LogP contribution in [0.5, 0.6) is 0 Å². The highest BCUT2D eigenvalue weighted by molar-refractivity contribution is 7.13. The molecule has 0 N–H and O–H groups in total. The molecule has 2 aromatic rings. The van der Waals surface area contributed by atoms with Gasteiger partial charge in [-0.2, -0.15) is 4.98 Å². The molecule has 1 atom stereocenters. The van der Waals surface area contributed by atoms with E-state index in [9.17, 15) is 9.59 Å². The highest BCUT2D eigenvalue weighted by atomic mass is 32.1. The van der Waals surface area contributed by atoms with E-state index in [2.05, 4.69) is 10.1 Å². The molecule has 1 unspecified atom stereocenters. The minimum atomic E-state index is -0.531. The molecule has 3 heterocycles. The molecule has 0 aromatic carbocycles. The first-order valence-electron chi connectivity index (χ1n) is 11.3. The van der Waals surface area contributed by atoms with Gasteiger partial charge in [-0.1, -0.05) is 11.2 Å². The van der Waals surface area contributed by atoms with Crippen LogP contribution in [-0.2, 0) is 16.0 Å². The molecule has 32 heavy (non-hydrogen) atoms. The lowest BCUT2D eigenvalue weighted by atomic mass is 9.96. The van der Waals surface area contributed by atoms with Crippen LogP contribution in [0.2, 0.25) is 0 Å². The van der Waals surface area contributed by atoms with Crippen LogP contribution in [0.15, 0.2) is 22.0 Å². The highest BCUT2D eigenvalue weighted by Crippen LogP contribution is 2.23. The van der Waals surface area contributed by atoms with Gasteiger partial charge in [0.2, 0.25) is 17.6 Å². The van der Waals surface area contributed by atoms with E-state index in [0.29, 0.717) is 37.6 Å². The second-order valence-electron chi connectivity index (χ2n) is 9.56. The lowest BCUT2D eigenvalue weighted by Crippen LogP contribution is -2.48. The average molecular weight is 463 g/mol. The molecule has 8 nitrogen and oxygen atoms in total. The van der Waals surface area contributed by atoms with Crippen molar-refractivity contribution in [1.29, 1.82) is 0 Å². The van der Waals surface area contributed by atoms with Crippen molar-refractivity contribution in [3.05, 3.63) is 23.4 Å². The maximum atomic E-state index is 12.8. The van der Waals surface area contributed by atoms with E-state index in [1.807, 2.05) is 57.0 Å². The Kier molecular flexibility index (Phi) is 7.92. The molecule has 1 aliphatic heterocycles.